The van der Waals surface area contributed by atoms with E-state index in [4.69, 9.17) is 9.47 Å². The fourth-order valence-corrected chi connectivity index (χ4v) is 4.58. The van der Waals surface area contributed by atoms with E-state index < -0.39 is 0 Å². The second-order valence-corrected chi connectivity index (χ2v) is 9.96. The lowest BCUT2D eigenvalue weighted by atomic mass is 10.1. The topological polar surface area (TPSA) is 31.4 Å². The third-order valence-corrected chi connectivity index (χ3v) is 6.74. The van der Waals surface area contributed by atoms with Crippen molar-refractivity contribution >= 4 is 23.5 Å². The fourth-order valence-electron chi connectivity index (χ4n) is 2.84. The Morgan fingerprint density at radius 2 is 1.14 bits per heavy atom. The molecule has 8 heteroatoms. The minimum atomic E-state index is 0.799. The van der Waals surface area contributed by atoms with Crippen molar-refractivity contribution in [3.05, 3.63) is 0 Å². The number of morpholine rings is 1. The monoisotopic (exact) mass is 436 g/mol. The number of piperidine rings is 1. The van der Waals surface area contributed by atoms with Crippen LogP contribution in [0.15, 0.2) is 0 Å². The van der Waals surface area contributed by atoms with Gasteiger partial charge in [-0.05, 0) is 54.1 Å². The molecule has 28 heavy (non-hydrogen) atoms. The number of thioether (sulfide) groups is 2. The molecular formula is C20H44N4O2S2. The number of likely N-dealkylation sites (N-methyl/N-ethyl adjacent to an activating group) is 1. The molecule has 0 aliphatic carbocycles. The van der Waals surface area contributed by atoms with Crippen LogP contribution in [-0.4, -0.2) is 130 Å². The summed E-state index contributed by atoms with van der Waals surface area (Å²) in [6, 6.07) is 0. The van der Waals surface area contributed by atoms with Gasteiger partial charge < -0.3 is 24.2 Å². The normalized spacial score (nSPS) is 25.3. The molecule has 0 N–H and O–H groups in total. The Balaban J connectivity index is 0.000000187. The molecule has 4 rings (SSSR count). The van der Waals surface area contributed by atoms with Crippen molar-refractivity contribution in [3.8, 4) is 0 Å². The van der Waals surface area contributed by atoms with Gasteiger partial charge in [-0.1, -0.05) is 6.42 Å². The highest BCUT2D eigenvalue weighted by atomic mass is 32.2. The minimum Gasteiger partial charge on any atom is -0.379 e. The fraction of sp³-hybridized carbons (Fsp3) is 1.00. The van der Waals surface area contributed by atoms with E-state index in [-0.39, 0.29) is 0 Å². The van der Waals surface area contributed by atoms with Crippen LogP contribution in [0.5, 0.6) is 0 Å². The van der Waals surface area contributed by atoms with Crippen molar-refractivity contribution in [2.45, 2.75) is 19.3 Å². The van der Waals surface area contributed by atoms with Crippen molar-refractivity contribution in [3.63, 3.8) is 0 Å². The van der Waals surface area contributed by atoms with Crippen LogP contribution in [0.2, 0.25) is 0 Å². The van der Waals surface area contributed by atoms with Crippen molar-refractivity contribution in [1.29, 1.82) is 0 Å². The van der Waals surface area contributed by atoms with Gasteiger partial charge in [0.15, 0.2) is 0 Å². The lowest BCUT2D eigenvalue weighted by Gasteiger charge is -2.21. The molecule has 0 atom stereocenters. The van der Waals surface area contributed by atoms with E-state index in [0.29, 0.717) is 0 Å². The summed E-state index contributed by atoms with van der Waals surface area (Å²) in [5.74, 6) is 4.64. The first-order chi connectivity index (χ1) is 13.6. The van der Waals surface area contributed by atoms with Gasteiger partial charge >= 0.3 is 0 Å². The summed E-state index contributed by atoms with van der Waals surface area (Å²) in [6.07, 6.45) is 4.28. The van der Waals surface area contributed by atoms with Crippen LogP contribution >= 0.6 is 23.5 Å². The Hall–Kier alpha value is 0.460. The standard InChI is InChI=1S/C6H13N.C5H11NO.C5H11NS.C4H9NOS/c1-7-5-3-2-4-6-7;2*1-6-2-4-7-5-3-6;1-5-2-6-4-7-3-5/h2-6H2,1H3;2*2-5H2,1H3;2-4H2,1H3. The number of hydrogen-bond acceptors (Lipinski definition) is 8. The van der Waals surface area contributed by atoms with E-state index >= 15 is 0 Å². The van der Waals surface area contributed by atoms with Gasteiger partial charge in [0.2, 0.25) is 0 Å². The quantitative estimate of drug-likeness (QED) is 0.572. The van der Waals surface area contributed by atoms with E-state index in [1.54, 1.807) is 11.8 Å². The van der Waals surface area contributed by atoms with Crippen LogP contribution in [0.4, 0.5) is 0 Å². The third kappa shape index (κ3) is 16.3. The summed E-state index contributed by atoms with van der Waals surface area (Å²) in [4.78, 5) is 9.16. The van der Waals surface area contributed by atoms with Gasteiger partial charge in [0.1, 0.15) is 6.73 Å². The Bertz CT molecular complexity index is 268. The molecule has 4 saturated heterocycles. The van der Waals surface area contributed by atoms with Gasteiger partial charge in [-0.2, -0.15) is 11.8 Å². The number of hydrogen-bond donors (Lipinski definition) is 0. The Kier molecular flexibility index (Phi) is 17.3. The summed E-state index contributed by atoms with van der Waals surface area (Å²) < 4.78 is 10.2. The van der Waals surface area contributed by atoms with Gasteiger partial charge in [-0.3, -0.25) is 4.90 Å². The molecule has 4 fully saturated rings. The van der Waals surface area contributed by atoms with Crippen molar-refractivity contribution in [2.24, 2.45) is 0 Å². The smallest absolute Gasteiger partial charge is 0.101 e. The summed E-state index contributed by atoms with van der Waals surface area (Å²) in [7, 11) is 8.54. The molecule has 6 nitrogen and oxygen atoms in total. The van der Waals surface area contributed by atoms with E-state index in [9.17, 15) is 0 Å². The van der Waals surface area contributed by atoms with Crippen LogP contribution in [0.3, 0.4) is 0 Å². The first-order valence-electron chi connectivity index (χ1n) is 10.6. The van der Waals surface area contributed by atoms with Gasteiger partial charge in [0.25, 0.3) is 0 Å². The van der Waals surface area contributed by atoms with Crippen LogP contribution in [0.25, 0.3) is 0 Å². The van der Waals surface area contributed by atoms with Crippen molar-refractivity contribution in [2.75, 3.05) is 111 Å². The number of ether oxygens (including phenoxy) is 2. The SMILES string of the molecule is CN1CCCCC1.CN1CCOCC1.CN1CCSCC1.CN1COCSC1. The summed E-state index contributed by atoms with van der Waals surface area (Å²) in [5, 5.41) is 0. The van der Waals surface area contributed by atoms with Gasteiger partial charge in [-0.25, -0.2) is 0 Å². The Morgan fingerprint density at radius 1 is 0.571 bits per heavy atom. The summed E-state index contributed by atoms with van der Waals surface area (Å²) >= 11 is 3.86. The zero-order valence-electron chi connectivity index (χ0n) is 18.7. The number of nitrogens with zero attached hydrogens (tertiary/aromatic N) is 4. The highest BCUT2D eigenvalue weighted by Gasteiger charge is 2.04. The molecular weight excluding hydrogens is 392 g/mol. The molecule has 0 aromatic heterocycles. The highest BCUT2D eigenvalue weighted by Crippen LogP contribution is 2.08. The molecule has 0 saturated carbocycles. The lowest BCUT2D eigenvalue weighted by Crippen LogP contribution is -2.32. The van der Waals surface area contributed by atoms with E-state index in [2.05, 4.69) is 52.5 Å². The zero-order valence-corrected chi connectivity index (χ0v) is 20.4. The maximum absolute atomic E-state index is 5.10. The molecule has 0 unspecified atom stereocenters. The maximum Gasteiger partial charge on any atom is 0.101 e. The first-order valence-corrected chi connectivity index (χ1v) is 12.9. The summed E-state index contributed by atoms with van der Waals surface area (Å²) in [6.45, 7) is 10.0. The molecule has 0 radical (unpaired) electrons. The van der Waals surface area contributed by atoms with Crippen LogP contribution < -0.4 is 0 Å². The van der Waals surface area contributed by atoms with E-state index in [1.165, 1.54) is 56.9 Å². The van der Waals surface area contributed by atoms with Crippen LogP contribution in [0.1, 0.15) is 19.3 Å². The number of likely N-dealkylation sites (tertiary alicyclic amines) is 1. The summed E-state index contributed by atoms with van der Waals surface area (Å²) in [5.41, 5.74) is 0. The predicted molar refractivity (Wildman–Crippen MR) is 126 cm³/mol. The highest BCUT2D eigenvalue weighted by molar-refractivity contribution is 7.99. The maximum atomic E-state index is 5.10. The predicted octanol–water partition coefficient (Wildman–Crippen LogP) is 2.27. The molecule has 4 heterocycles. The number of rotatable bonds is 0. The van der Waals surface area contributed by atoms with Gasteiger partial charge in [0, 0.05) is 43.6 Å². The second-order valence-electron chi connectivity index (χ2n) is 7.84. The molecule has 0 amide bonds. The lowest BCUT2D eigenvalue weighted by molar-refractivity contribution is 0.0503. The largest absolute Gasteiger partial charge is 0.379 e. The molecule has 4 aliphatic heterocycles. The molecule has 0 spiro atoms. The first kappa shape index (κ1) is 26.5. The Morgan fingerprint density at radius 3 is 1.43 bits per heavy atom. The zero-order chi connectivity index (χ0) is 20.5. The Labute approximate surface area is 182 Å². The molecule has 4 aliphatic rings. The minimum absolute atomic E-state index is 0.799. The van der Waals surface area contributed by atoms with E-state index in [0.717, 1.165) is 44.8 Å². The van der Waals surface area contributed by atoms with Crippen LogP contribution in [0, 0.1) is 0 Å². The van der Waals surface area contributed by atoms with Crippen molar-refractivity contribution < 1.29 is 9.47 Å². The molecule has 0 aromatic rings. The van der Waals surface area contributed by atoms with E-state index in [1.807, 2.05) is 7.05 Å². The second kappa shape index (κ2) is 18.2. The molecule has 168 valence electrons. The van der Waals surface area contributed by atoms with Gasteiger partial charge in [-0.15, -0.1) is 11.8 Å². The van der Waals surface area contributed by atoms with Gasteiger partial charge in [0.05, 0.1) is 19.2 Å². The average molecular weight is 437 g/mol. The third-order valence-electron chi connectivity index (χ3n) is 4.84. The molecule has 0 aromatic carbocycles. The molecule has 0 bridgehead atoms. The van der Waals surface area contributed by atoms with Crippen molar-refractivity contribution in [1.82, 2.24) is 19.6 Å². The van der Waals surface area contributed by atoms with Crippen LogP contribution in [-0.2, 0) is 9.47 Å². The average Bonchev–Trinajstić information content (AvgIpc) is 2.72.